The number of anilines is 1. The fourth-order valence-corrected chi connectivity index (χ4v) is 5.28. The normalized spacial score (nSPS) is 20.0. The van der Waals surface area contributed by atoms with Crippen LogP contribution >= 0.6 is 0 Å². The lowest BCUT2D eigenvalue weighted by Gasteiger charge is -2.24. The summed E-state index contributed by atoms with van der Waals surface area (Å²) in [6, 6.07) is 29.4. The number of carbonyl (C=O) groups excluding carboxylic acids is 1. The summed E-state index contributed by atoms with van der Waals surface area (Å²) in [7, 11) is 0. The van der Waals surface area contributed by atoms with Gasteiger partial charge in [0.05, 0.1) is 0 Å². The Bertz CT molecular complexity index is 1030. The highest BCUT2D eigenvalue weighted by atomic mass is 16.2. The van der Waals surface area contributed by atoms with Crippen LogP contribution in [0.15, 0.2) is 84.9 Å². The molecule has 0 spiro atoms. The monoisotopic (exact) mass is 438 g/mol. The van der Waals surface area contributed by atoms with Crippen molar-refractivity contribution in [1.29, 1.82) is 0 Å². The van der Waals surface area contributed by atoms with Crippen molar-refractivity contribution in [3.63, 3.8) is 0 Å². The van der Waals surface area contributed by atoms with Crippen molar-refractivity contribution in [1.82, 2.24) is 5.32 Å². The van der Waals surface area contributed by atoms with Gasteiger partial charge in [-0.05, 0) is 66.5 Å². The first-order valence-corrected chi connectivity index (χ1v) is 12.5. The number of carbonyl (C=O) groups is 1. The summed E-state index contributed by atoms with van der Waals surface area (Å²) < 4.78 is 0. The molecule has 3 aromatic rings. The summed E-state index contributed by atoms with van der Waals surface area (Å²) in [6.45, 7) is 2.63. The quantitative estimate of drug-likeness (QED) is 0.399. The molecular formula is C30H34N2O. The third-order valence-corrected chi connectivity index (χ3v) is 7.31. The van der Waals surface area contributed by atoms with Crippen LogP contribution < -0.4 is 10.2 Å². The first-order valence-electron chi connectivity index (χ1n) is 12.5. The Morgan fingerprint density at radius 2 is 1.45 bits per heavy atom. The van der Waals surface area contributed by atoms with E-state index in [4.69, 9.17) is 0 Å². The van der Waals surface area contributed by atoms with E-state index in [1.807, 2.05) is 17.0 Å². The fourth-order valence-electron chi connectivity index (χ4n) is 5.28. The second-order valence-electron chi connectivity index (χ2n) is 9.62. The van der Waals surface area contributed by atoms with E-state index in [0.717, 1.165) is 31.1 Å². The molecule has 0 radical (unpaired) electrons. The molecule has 2 aliphatic rings. The fraction of sp³-hybridized carbons (Fsp3) is 0.367. The highest BCUT2D eigenvalue weighted by molar-refractivity contribution is 5.97. The topological polar surface area (TPSA) is 32.3 Å². The zero-order valence-electron chi connectivity index (χ0n) is 19.3. The Morgan fingerprint density at radius 1 is 0.818 bits per heavy atom. The first kappa shape index (κ1) is 21.9. The molecule has 33 heavy (non-hydrogen) atoms. The molecule has 1 N–H and O–H groups in total. The summed E-state index contributed by atoms with van der Waals surface area (Å²) in [5.74, 6) is 1.52. The first-order chi connectivity index (χ1) is 16.3. The Kier molecular flexibility index (Phi) is 6.87. The van der Waals surface area contributed by atoms with E-state index in [2.05, 4.69) is 78.1 Å². The third-order valence-electron chi connectivity index (χ3n) is 7.31. The number of hydrogen-bond donors (Lipinski definition) is 1. The maximum absolute atomic E-state index is 13.6. The van der Waals surface area contributed by atoms with Crippen molar-refractivity contribution in [2.75, 3.05) is 24.5 Å². The highest BCUT2D eigenvalue weighted by Crippen LogP contribution is 2.48. The predicted molar refractivity (Wildman–Crippen MR) is 136 cm³/mol. The van der Waals surface area contributed by atoms with Gasteiger partial charge in [0.1, 0.15) is 0 Å². The highest BCUT2D eigenvalue weighted by Gasteiger charge is 2.45. The summed E-state index contributed by atoms with van der Waals surface area (Å²) >= 11 is 0. The van der Waals surface area contributed by atoms with E-state index in [9.17, 15) is 4.79 Å². The van der Waals surface area contributed by atoms with Crippen LogP contribution in [0.2, 0.25) is 0 Å². The van der Waals surface area contributed by atoms with Crippen LogP contribution in [0.5, 0.6) is 0 Å². The smallest absolute Gasteiger partial charge is 0.230 e. The molecule has 0 saturated heterocycles. The lowest BCUT2D eigenvalue weighted by Crippen LogP contribution is -2.39. The lowest BCUT2D eigenvalue weighted by molar-refractivity contribution is -0.119. The van der Waals surface area contributed by atoms with Gasteiger partial charge in [-0.3, -0.25) is 4.79 Å². The van der Waals surface area contributed by atoms with Crippen molar-refractivity contribution in [3.8, 4) is 11.1 Å². The molecule has 3 heteroatoms. The van der Waals surface area contributed by atoms with Gasteiger partial charge in [0.25, 0.3) is 0 Å². The van der Waals surface area contributed by atoms with E-state index >= 15 is 0 Å². The molecule has 2 saturated carbocycles. The van der Waals surface area contributed by atoms with Crippen LogP contribution in [-0.2, 0) is 4.79 Å². The van der Waals surface area contributed by atoms with Gasteiger partial charge in [-0.25, -0.2) is 0 Å². The summed E-state index contributed by atoms with van der Waals surface area (Å²) in [5.41, 5.74) is 4.67. The molecule has 2 fully saturated rings. The van der Waals surface area contributed by atoms with Crippen LogP contribution in [0, 0.1) is 11.8 Å². The third kappa shape index (κ3) is 5.36. The molecule has 3 aromatic carbocycles. The molecule has 0 aliphatic heterocycles. The molecule has 1 amide bonds. The Balaban J connectivity index is 1.28. The molecule has 2 atom stereocenters. The van der Waals surface area contributed by atoms with Crippen LogP contribution in [0.1, 0.15) is 43.6 Å². The number of benzene rings is 3. The van der Waals surface area contributed by atoms with Crippen LogP contribution in [0.4, 0.5) is 5.69 Å². The van der Waals surface area contributed by atoms with Gasteiger partial charge >= 0.3 is 0 Å². The van der Waals surface area contributed by atoms with E-state index < -0.39 is 0 Å². The largest absolute Gasteiger partial charge is 0.315 e. The summed E-state index contributed by atoms with van der Waals surface area (Å²) in [6.07, 6.45) is 6.38. The lowest BCUT2D eigenvalue weighted by atomic mass is 10.0. The minimum atomic E-state index is 0.0935. The zero-order chi connectivity index (χ0) is 22.5. The maximum atomic E-state index is 13.6. The molecular weight excluding hydrogens is 404 g/mol. The Hall–Kier alpha value is -2.91. The van der Waals surface area contributed by atoms with Gasteiger partial charge in [-0.15, -0.1) is 0 Å². The van der Waals surface area contributed by atoms with Gasteiger partial charge in [0.15, 0.2) is 0 Å². The second-order valence-corrected chi connectivity index (χ2v) is 9.62. The van der Waals surface area contributed by atoms with Crippen LogP contribution in [0.25, 0.3) is 11.1 Å². The zero-order valence-corrected chi connectivity index (χ0v) is 19.3. The minimum absolute atomic E-state index is 0.0935. The van der Waals surface area contributed by atoms with Crippen molar-refractivity contribution < 1.29 is 4.79 Å². The summed E-state index contributed by atoms with van der Waals surface area (Å²) in [4.78, 5) is 15.6. The minimum Gasteiger partial charge on any atom is -0.315 e. The number of rotatable bonds is 9. The molecule has 2 aliphatic carbocycles. The number of hydrogen-bond acceptors (Lipinski definition) is 2. The average Bonchev–Trinajstić information content (AvgIpc) is 3.52. The van der Waals surface area contributed by atoms with Crippen molar-refractivity contribution in [2.45, 2.75) is 38.0 Å². The number of nitrogens with one attached hydrogen (secondary N) is 1. The average molecular weight is 439 g/mol. The van der Waals surface area contributed by atoms with Gasteiger partial charge in [0.2, 0.25) is 5.91 Å². The molecule has 0 heterocycles. The Labute approximate surface area is 197 Å². The van der Waals surface area contributed by atoms with Crippen LogP contribution in [0.3, 0.4) is 0 Å². The van der Waals surface area contributed by atoms with Gasteiger partial charge < -0.3 is 10.2 Å². The molecule has 0 bridgehead atoms. The van der Waals surface area contributed by atoms with Gasteiger partial charge in [0, 0.05) is 24.7 Å². The Morgan fingerprint density at radius 3 is 2.15 bits per heavy atom. The molecule has 0 unspecified atom stereocenters. The van der Waals surface area contributed by atoms with E-state index in [0.29, 0.717) is 12.5 Å². The van der Waals surface area contributed by atoms with Crippen molar-refractivity contribution in [2.24, 2.45) is 11.8 Å². The van der Waals surface area contributed by atoms with Crippen molar-refractivity contribution >= 4 is 11.6 Å². The number of nitrogens with zero attached hydrogens (tertiary/aromatic N) is 1. The van der Waals surface area contributed by atoms with E-state index in [1.165, 1.54) is 42.4 Å². The van der Waals surface area contributed by atoms with E-state index in [1.54, 1.807) is 0 Å². The summed E-state index contributed by atoms with van der Waals surface area (Å²) in [5, 5.41) is 3.63. The predicted octanol–water partition coefficient (Wildman–Crippen LogP) is 6.27. The SMILES string of the molecule is O=C([C@@H]1C[C@H]1c1ccccc1)N(CCNCC1CCCC1)c1ccc(-c2ccccc2)cc1. The van der Waals surface area contributed by atoms with Crippen molar-refractivity contribution in [3.05, 3.63) is 90.5 Å². The molecule has 5 rings (SSSR count). The molecule has 3 nitrogen and oxygen atoms in total. The van der Waals surface area contributed by atoms with Crippen LogP contribution in [-0.4, -0.2) is 25.5 Å². The second kappa shape index (κ2) is 10.4. The standard InChI is InChI=1S/C30H34N2O/c33-30(29-21-28(29)26-13-5-2-6-14-26)32(20-19-31-22-23-9-7-8-10-23)27-17-15-25(16-18-27)24-11-3-1-4-12-24/h1-6,11-18,23,28-29,31H,7-10,19-22H2/t28-,29+/m0/s1. The van der Waals surface area contributed by atoms with Gasteiger partial charge in [-0.1, -0.05) is 85.6 Å². The molecule has 0 aromatic heterocycles. The molecule has 170 valence electrons. The maximum Gasteiger partial charge on any atom is 0.230 e. The van der Waals surface area contributed by atoms with Gasteiger partial charge in [-0.2, -0.15) is 0 Å². The number of amides is 1. The van der Waals surface area contributed by atoms with E-state index in [-0.39, 0.29) is 11.8 Å².